The third kappa shape index (κ3) is 3.10. The molecule has 1 aliphatic heterocycles. The van der Waals surface area contributed by atoms with Gasteiger partial charge in [-0.15, -0.1) is 11.3 Å². The number of benzene rings is 1. The molecule has 6 heteroatoms. The second kappa shape index (κ2) is 7.08. The molecule has 132 valence electrons. The van der Waals surface area contributed by atoms with E-state index >= 15 is 0 Å². The number of imidazole rings is 1. The average Bonchev–Trinajstić information content (AvgIpc) is 3.20. The number of rotatable bonds is 5. The standard InChI is InChI=1S/C19H22ClN3OS/c1-2-16-14-6-10-25-18(14)5-7-22(16)12-19-21-15-4-3-13(20)11-17(15)23(19)8-9-24/h3-4,6,10-11,16,24H,2,5,7-9,12H2,1H3. The molecular weight excluding hydrogens is 354 g/mol. The molecule has 1 aromatic carbocycles. The number of fused-ring (bicyclic) bond motifs is 2. The number of aromatic nitrogens is 2. The van der Waals surface area contributed by atoms with E-state index in [1.807, 2.05) is 29.5 Å². The quantitative estimate of drug-likeness (QED) is 0.724. The van der Waals surface area contributed by atoms with Crippen molar-refractivity contribution < 1.29 is 5.11 Å². The average molecular weight is 376 g/mol. The topological polar surface area (TPSA) is 41.3 Å². The minimum atomic E-state index is 0.0941. The maximum Gasteiger partial charge on any atom is 0.124 e. The molecule has 0 spiro atoms. The molecule has 0 aliphatic carbocycles. The van der Waals surface area contributed by atoms with E-state index in [4.69, 9.17) is 16.6 Å². The molecule has 0 saturated carbocycles. The summed E-state index contributed by atoms with van der Waals surface area (Å²) in [6, 6.07) is 8.49. The smallest absolute Gasteiger partial charge is 0.124 e. The molecule has 0 saturated heterocycles. The van der Waals surface area contributed by atoms with Crippen molar-refractivity contribution >= 4 is 34.0 Å². The van der Waals surface area contributed by atoms with Crippen molar-refractivity contribution in [2.75, 3.05) is 13.2 Å². The summed E-state index contributed by atoms with van der Waals surface area (Å²) in [7, 11) is 0. The van der Waals surface area contributed by atoms with E-state index in [1.165, 1.54) is 10.4 Å². The fourth-order valence-electron chi connectivity index (χ4n) is 3.91. The number of halogens is 1. The Balaban J connectivity index is 1.69. The molecule has 25 heavy (non-hydrogen) atoms. The first-order valence-electron chi connectivity index (χ1n) is 8.77. The first kappa shape index (κ1) is 17.0. The number of aliphatic hydroxyl groups excluding tert-OH is 1. The predicted octanol–water partition coefficient (Wildman–Crippen LogP) is 4.25. The van der Waals surface area contributed by atoms with Crippen LogP contribution in [0.3, 0.4) is 0 Å². The Labute approximate surface area is 156 Å². The van der Waals surface area contributed by atoms with Crippen LogP contribution in [0.1, 0.15) is 35.7 Å². The maximum atomic E-state index is 9.50. The Morgan fingerprint density at radius 1 is 1.36 bits per heavy atom. The first-order chi connectivity index (χ1) is 12.2. The molecule has 1 atom stereocenters. The van der Waals surface area contributed by atoms with Gasteiger partial charge in [0.25, 0.3) is 0 Å². The molecule has 1 N–H and O–H groups in total. The molecule has 2 aromatic heterocycles. The highest BCUT2D eigenvalue weighted by Crippen LogP contribution is 2.36. The van der Waals surface area contributed by atoms with Gasteiger partial charge in [-0.05, 0) is 48.1 Å². The van der Waals surface area contributed by atoms with Crippen molar-refractivity contribution in [2.24, 2.45) is 0 Å². The van der Waals surface area contributed by atoms with Crippen molar-refractivity contribution in [3.63, 3.8) is 0 Å². The van der Waals surface area contributed by atoms with Gasteiger partial charge < -0.3 is 9.67 Å². The molecule has 0 fully saturated rings. The number of hydrogen-bond donors (Lipinski definition) is 1. The van der Waals surface area contributed by atoms with Crippen LogP contribution < -0.4 is 0 Å². The van der Waals surface area contributed by atoms with Gasteiger partial charge in [-0.1, -0.05) is 18.5 Å². The molecule has 3 aromatic rings. The lowest BCUT2D eigenvalue weighted by Gasteiger charge is -2.35. The molecule has 0 amide bonds. The number of aliphatic hydroxyl groups is 1. The second-order valence-electron chi connectivity index (χ2n) is 6.48. The normalized spacial score (nSPS) is 18.0. The Kier molecular flexibility index (Phi) is 4.82. The van der Waals surface area contributed by atoms with Crippen LogP contribution in [0.2, 0.25) is 5.02 Å². The zero-order valence-corrected chi connectivity index (χ0v) is 15.9. The summed E-state index contributed by atoms with van der Waals surface area (Å²) in [6.07, 6.45) is 2.20. The van der Waals surface area contributed by atoms with Crippen molar-refractivity contribution in [3.05, 3.63) is 50.9 Å². The van der Waals surface area contributed by atoms with E-state index in [0.29, 0.717) is 17.6 Å². The van der Waals surface area contributed by atoms with E-state index in [9.17, 15) is 5.11 Å². The van der Waals surface area contributed by atoms with Crippen molar-refractivity contribution in [2.45, 2.75) is 38.9 Å². The van der Waals surface area contributed by atoms with Gasteiger partial charge in [-0.25, -0.2) is 4.98 Å². The van der Waals surface area contributed by atoms with Crippen LogP contribution in [-0.4, -0.2) is 32.7 Å². The summed E-state index contributed by atoms with van der Waals surface area (Å²) in [5, 5.41) is 12.4. The van der Waals surface area contributed by atoms with E-state index in [1.54, 1.807) is 0 Å². The highest BCUT2D eigenvalue weighted by atomic mass is 35.5. The third-order valence-corrected chi connectivity index (χ3v) is 6.28. The maximum absolute atomic E-state index is 9.50. The Bertz CT molecular complexity index is 888. The number of nitrogens with zero attached hydrogens (tertiary/aromatic N) is 3. The van der Waals surface area contributed by atoms with E-state index in [0.717, 1.165) is 42.8 Å². The summed E-state index contributed by atoms with van der Waals surface area (Å²) in [4.78, 5) is 8.88. The zero-order chi connectivity index (χ0) is 17.4. The minimum Gasteiger partial charge on any atom is -0.395 e. The number of hydrogen-bond acceptors (Lipinski definition) is 4. The van der Waals surface area contributed by atoms with Gasteiger partial charge >= 0.3 is 0 Å². The van der Waals surface area contributed by atoms with Crippen LogP contribution in [0.25, 0.3) is 11.0 Å². The molecule has 0 radical (unpaired) electrons. The van der Waals surface area contributed by atoms with E-state index in [-0.39, 0.29) is 6.61 Å². The largest absolute Gasteiger partial charge is 0.395 e. The molecule has 4 nitrogen and oxygen atoms in total. The van der Waals surface area contributed by atoms with Crippen molar-refractivity contribution in [1.82, 2.24) is 14.5 Å². The van der Waals surface area contributed by atoms with Gasteiger partial charge in [-0.2, -0.15) is 0 Å². The van der Waals surface area contributed by atoms with Gasteiger partial charge in [0, 0.05) is 29.0 Å². The van der Waals surface area contributed by atoms with Crippen LogP contribution in [0.5, 0.6) is 0 Å². The molecular formula is C19H22ClN3OS. The highest BCUT2D eigenvalue weighted by molar-refractivity contribution is 7.10. The molecule has 1 aliphatic rings. The Morgan fingerprint density at radius 2 is 2.24 bits per heavy atom. The van der Waals surface area contributed by atoms with Crippen LogP contribution >= 0.6 is 22.9 Å². The summed E-state index contributed by atoms with van der Waals surface area (Å²) >= 11 is 8.04. The summed E-state index contributed by atoms with van der Waals surface area (Å²) in [6.45, 7) is 4.73. The summed E-state index contributed by atoms with van der Waals surface area (Å²) in [5.41, 5.74) is 3.42. The molecule has 3 heterocycles. The van der Waals surface area contributed by atoms with Crippen LogP contribution in [-0.2, 0) is 19.5 Å². The van der Waals surface area contributed by atoms with Gasteiger partial charge in [-0.3, -0.25) is 4.90 Å². The van der Waals surface area contributed by atoms with Crippen LogP contribution in [0.4, 0.5) is 0 Å². The summed E-state index contributed by atoms with van der Waals surface area (Å²) in [5.74, 6) is 1.00. The molecule has 1 unspecified atom stereocenters. The fraction of sp³-hybridized carbons (Fsp3) is 0.421. The van der Waals surface area contributed by atoms with Gasteiger partial charge in [0.05, 0.1) is 24.2 Å². The predicted molar refractivity (Wildman–Crippen MR) is 103 cm³/mol. The molecule has 0 bridgehead atoms. The SMILES string of the molecule is CCC1c2ccsc2CCN1Cc1nc2ccc(Cl)cc2n1CCO. The molecule has 4 rings (SSSR count). The fourth-order valence-corrected chi connectivity index (χ4v) is 5.01. The lowest BCUT2D eigenvalue weighted by molar-refractivity contribution is 0.165. The van der Waals surface area contributed by atoms with Crippen LogP contribution in [0.15, 0.2) is 29.6 Å². The van der Waals surface area contributed by atoms with Crippen LogP contribution in [0, 0.1) is 0 Å². The second-order valence-corrected chi connectivity index (χ2v) is 7.92. The van der Waals surface area contributed by atoms with Gasteiger partial charge in [0.2, 0.25) is 0 Å². The highest BCUT2D eigenvalue weighted by Gasteiger charge is 2.28. The third-order valence-electron chi connectivity index (χ3n) is 5.05. The Morgan fingerprint density at radius 3 is 3.04 bits per heavy atom. The number of thiophene rings is 1. The monoisotopic (exact) mass is 375 g/mol. The lowest BCUT2D eigenvalue weighted by atomic mass is 9.98. The van der Waals surface area contributed by atoms with E-state index < -0.39 is 0 Å². The van der Waals surface area contributed by atoms with Crippen molar-refractivity contribution in [1.29, 1.82) is 0 Å². The van der Waals surface area contributed by atoms with Gasteiger partial charge in [0.1, 0.15) is 5.82 Å². The van der Waals surface area contributed by atoms with Crippen molar-refractivity contribution in [3.8, 4) is 0 Å². The zero-order valence-electron chi connectivity index (χ0n) is 14.3. The van der Waals surface area contributed by atoms with E-state index in [2.05, 4.69) is 27.8 Å². The van der Waals surface area contributed by atoms with Gasteiger partial charge in [0.15, 0.2) is 0 Å². The Hall–Kier alpha value is -1.40. The minimum absolute atomic E-state index is 0.0941. The first-order valence-corrected chi connectivity index (χ1v) is 10.0. The summed E-state index contributed by atoms with van der Waals surface area (Å²) < 4.78 is 2.11. The lowest BCUT2D eigenvalue weighted by Crippen LogP contribution is -2.35.